The third-order valence-corrected chi connectivity index (χ3v) is 3.73. The molecule has 0 amide bonds. The molecule has 3 rings (SSSR count). The first-order valence-electron chi connectivity index (χ1n) is 6.72. The summed E-state index contributed by atoms with van der Waals surface area (Å²) in [6, 6.07) is 12.5. The molecule has 0 radical (unpaired) electrons. The minimum atomic E-state index is -0.240. The summed E-state index contributed by atoms with van der Waals surface area (Å²) in [7, 11) is 1.57. The van der Waals surface area contributed by atoms with Gasteiger partial charge in [-0.3, -0.25) is 0 Å². The van der Waals surface area contributed by atoms with Crippen molar-refractivity contribution >= 4 is 28.4 Å². The van der Waals surface area contributed by atoms with E-state index in [-0.39, 0.29) is 5.82 Å². The third kappa shape index (κ3) is 2.81. The zero-order valence-electron chi connectivity index (χ0n) is 11.9. The van der Waals surface area contributed by atoms with Crippen LogP contribution in [-0.2, 0) is 4.74 Å². The number of pyridine rings is 1. The van der Waals surface area contributed by atoms with Gasteiger partial charge in [0, 0.05) is 11.8 Å². The Labute approximate surface area is 132 Å². The fourth-order valence-corrected chi connectivity index (χ4v) is 2.60. The van der Waals surface area contributed by atoms with Crippen LogP contribution in [0.4, 0.5) is 4.39 Å². The molecule has 2 aromatic carbocycles. The first-order chi connectivity index (χ1) is 10.7. The number of hydrogen-bond donors (Lipinski definition) is 0. The normalized spacial score (nSPS) is 11.2. The van der Waals surface area contributed by atoms with Crippen LogP contribution in [0.5, 0.6) is 0 Å². The monoisotopic (exact) mass is 313 g/mol. The van der Waals surface area contributed by atoms with Gasteiger partial charge in [0.2, 0.25) is 0 Å². The second-order valence-corrected chi connectivity index (χ2v) is 5.17. The summed E-state index contributed by atoms with van der Waals surface area (Å²) in [6.07, 6.45) is 5.00. The molecule has 0 saturated carbocycles. The van der Waals surface area contributed by atoms with Crippen LogP contribution in [0.25, 0.3) is 28.0 Å². The molecule has 4 heteroatoms. The van der Waals surface area contributed by atoms with E-state index in [2.05, 4.69) is 4.98 Å². The summed E-state index contributed by atoms with van der Waals surface area (Å²) in [4.78, 5) is 4.10. The van der Waals surface area contributed by atoms with Gasteiger partial charge in [-0.15, -0.1) is 0 Å². The maximum absolute atomic E-state index is 13.3. The maximum atomic E-state index is 13.3. The van der Waals surface area contributed by atoms with E-state index in [0.29, 0.717) is 5.15 Å². The van der Waals surface area contributed by atoms with Gasteiger partial charge in [-0.05, 0) is 52.2 Å². The van der Waals surface area contributed by atoms with Crippen molar-refractivity contribution in [2.75, 3.05) is 7.11 Å². The van der Waals surface area contributed by atoms with Crippen molar-refractivity contribution in [3.05, 3.63) is 71.5 Å². The Hall–Kier alpha value is -2.39. The van der Waals surface area contributed by atoms with E-state index < -0.39 is 0 Å². The summed E-state index contributed by atoms with van der Waals surface area (Å²) in [6.45, 7) is 0. The minimum absolute atomic E-state index is 0.240. The minimum Gasteiger partial charge on any atom is -0.504 e. The lowest BCUT2D eigenvalue weighted by Gasteiger charge is -2.09. The molecule has 0 aliphatic carbocycles. The van der Waals surface area contributed by atoms with Crippen LogP contribution in [0.1, 0.15) is 5.56 Å². The van der Waals surface area contributed by atoms with Gasteiger partial charge in [-0.1, -0.05) is 29.8 Å². The summed E-state index contributed by atoms with van der Waals surface area (Å²) >= 11 is 6.19. The fourth-order valence-electron chi connectivity index (χ4n) is 2.38. The molecule has 0 atom stereocenters. The Bertz CT molecular complexity index is 861. The SMILES string of the molecule is CO/C=C/c1c(-c2ccc3cc(F)ccc3c2)ccnc1Cl. The summed E-state index contributed by atoms with van der Waals surface area (Å²) < 4.78 is 18.2. The highest BCUT2D eigenvalue weighted by Gasteiger charge is 2.09. The summed E-state index contributed by atoms with van der Waals surface area (Å²) in [5, 5.41) is 2.23. The maximum Gasteiger partial charge on any atom is 0.136 e. The van der Waals surface area contributed by atoms with Crippen LogP contribution < -0.4 is 0 Å². The topological polar surface area (TPSA) is 22.1 Å². The average Bonchev–Trinajstić information content (AvgIpc) is 2.53. The third-order valence-electron chi connectivity index (χ3n) is 3.43. The number of aromatic nitrogens is 1. The molecule has 1 heterocycles. The van der Waals surface area contributed by atoms with Crippen LogP contribution in [0.15, 0.2) is 54.9 Å². The largest absolute Gasteiger partial charge is 0.504 e. The molecule has 1 aromatic heterocycles. The number of hydrogen-bond acceptors (Lipinski definition) is 2. The lowest BCUT2D eigenvalue weighted by molar-refractivity contribution is 0.341. The number of halogens is 2. The van der Waals surface area contributed by atoms with Gasteiger partial charge in [0.25, 0.3) is 0 Å². The number of benzene rings is 2. The van der Waals surface area contributed by atoms with E-state index in [1.165, 1.54) is 12.1 Å². The van der Waals surface area contributed by atoms with Crippen molar-refractivity contribution in [1.29, 1.82) is 0 Å². The highest BCUT2D eigenvalue weighted by Crippen LogP contribution is 2.31. The molecule has 22 heavy (non-hydrogen) atoms. The van der Waals surface area contributed by atoms with Gasteiger partial charge in [-0.2, -0.15) is 0 Å². The number of ether oxygens (including phenoxy) is 1. The Morgan fingerprint density at radius 2 is 1.86 bits per heavy atom. The van der Waals surface area contributed by atoms with Gasteiger partial charge >= 0.3 is 0 Å². The highest BCUT2D eigenvalue weighted by molar-refractivity contribution is 6.31. The van der Waals surface area contributed by atoms with Crippen LogP contribution in [0.2, 0.25) is 5.15 Å². The second kappa shape index (κ2) is 6.16. The predicted molar refractivity (Wildman–Crippen MR) is 88.2 cm³/mol. The lowest BCUT2D eigenvalue weighted by Crippen LogP contribution is -1.88. The van der Waals surface area contributed by atoms with Gasteiger partial charge in [-0.25, -0.2) is 9.37 Å². The van der Waals surface area contributed by atoms with Crippen LogP contribution in [0.3, 0.4) is 0 Å². The van der Waals surface area contributed by atoms with Crippen LogP contribution >= 0.6 is 11.6 Å². The van der Waals surface area contributed by atoms with Crippen LogP contribution in [0, 0.1) is 5.82 Å². The molecule has 0 N–H and O–H groups in total. The fraction of sp³-hybridized carbons (Fsp3) is 0.0556. The van der Waals surface area contributed by atoms with Crippen molar-refractivity contribution in [1.82, 2.24) is 4.98 Å². The van der Waals surface area contributed by atoms with E-state index in [1.54, 1.807) is 31.7 Å². The summed E-state index contributed by atoms with van der Waals surface area (Å²) in [5.74, 6) is -0.240. The molecular formula is C18H13ClFNO. The molecule has 0 bridgehead atoms. The van der Waals surface area contributed by atoms with E-state index >= 15 is 0 Å². The number of methoxy groups -OCH3 is 1. The first-order valence-corrected chi connectivity index (χ1v) is 7.10. The molecule has 110 valence electrons. The van der Waals surface area contributed by atoms with Crippen molar-refractivity contribution in [2.45, 2.75) is 0 Å². The van der Waals surface area contributed by atoms with Gasteiger partial charge < -0.3 is 4.74 Å². The Morgan fingerprint density at radius 1 is 1.09 bits per heavy atom. The zero-order chi connectivity index (χ0) is 15.5. The van der Waals surface area contributed by atoms with Gasteiger partial charge in [0.05, 0.1) is 13.4 Å². The van der Waals surface area contributed by atoms with Crippen molar-refractivity contribution < 1.29 is 9.13 Å². The van der Waals surface area contributed by atoms with Crippen molar-refractivity contribution in [3.8, 4) is 11.1 Å². The number of nitrogens with zero attached hydrogens (tertiary/aromatic N) is 1. The van der Waals surface area contributed by atoms with E-state index in [0.717, 1.165) is 27.5 Å². The van der Waals surface area contributed by atoms with Crippen molar-refractivity contribution in [3.63, 3.8) is 0 Å². The molecular weight excluding hydrogens is 301 g/mol. The molecule has 0 spiro atoms. The zero-order valence-corrected chi connectivity index (χ0v) is 12.6. The molecule has 0 aliphatic rings. The molecule has 2 nitrogen and oxygen atoms in total. The number of rotatable bonds is 3. The Kier molecular flexibility index (Phi) is 4.07. The van der Waals surface area contributed by atoms with E-state index in [1.807, 2.05) is 24.3 Å². The molecule has 0 aliphatic heterocycles. The Morgan fingerprint density at radius 3 is 2.68 bits per heavy atom. The molecule has 0 fully saturated rings. The quantitative estimate of drug-likeness (QED) is 0.483. The molecule has 0 saturated heterocycles. The van der Waals surface area contributed by atoms with E-state index in [9.17, 15) is 4.39 Å². The smallest absolute Gasteiger partial charge is 0.136 e. The van der Waals surface area contributed by atoms with Gasteiger partial charge in [0.15, 0.2) is 0 Å². The van der Waals surface area contributed by atoms with Crippen LogP contribution in [-0.4, -0.2) is 12.1 Å². The van der Waals surface area contributed by atoms with Gasteiger partial charge in [0.1, 0.15) is 11.0 Å². The van der Waals surface area contributed by atoms with Crippen molar-refractivity contribution in [2.24, 2.45) is 0 Å². The Balaban J connectivity index is 2.17. The van der Waals surface area contributed by atoms with E-state index in [4.69, 9.17) is 16.3 Å². The lowest BCUT2D eigenvalue weighted by atomic mass is 9.98. The number of fused-ring (bicyclic) bond motifs is 1. The summed E-state index contributed by atoms with van der Waals surface area (Å²) in [5.41, 5.74) is 2.71. The first kappa shape index (κ1) is 14.5. The predicted octanol–water partition coefficient (Wildman–Crippen LogP) is 5.31. The average molecular weight is 314 g/mol. The highest BCUT2D eigenvalue weighted by atomic mass is 35.5. The standard InChI is InChI=1S/C18H13ClFNO/c1-22-9-7-17-16(6-8-21-18(17)19)14-3-2-13-11-15(20)5-4-12(13)10-14/h2-11H,1H3/b9-7+. The molecule has 3 aromatic rings. The molecule has 0 unspecified atom stereocenters. The second-order valence-electron chi connectivity index (χ2n) is 4.81.